The van der Waals surface area contributed by atoms with Crippen LogP contribution in [0.2, 0.25) is 0 Å². The van der Waals surface area contributed by atoms with Crippen LogP contribution in [-0.2, 0) is 13.5 Å². The van der Waals surface area contributed by atoms with Gasteiger partial charge in [-0.1, -0.05) is 30.3 Å². The van der Waals surface area contributed by atoms with Gasteiger partial charge < -0.3 is 5.32 Å². The highest BCUT2D eigenvalue weighted by molar-refractivity contribution is 5.69. The molecule has 1 aromatic carbocycles. The van der Waals surface area contributed by atoms with Crippen LogP contribution in [-0.4, -0.2) is 21.3 Å². The summed E-state index contributed by atoms with van der Waals surface area (Å²) in [4.78, 5) is 4.76. The van der Waals surface area contributed by atoms with E-state index in [9.17, 15) is 0 Å². The minimum atomic E-state index is 1.02. The summed E-state index contributed by atoms with van der Waals surface area (Å²) in [6.07, 6.45) is 6.22. The molecule has 22 heavy (non-hydrogen) atoms. The fraction of sp³-hybridized carbons (Fsp3) is 0.222. The fourth-order valence-electron chi connectivity index (χ4n) is 2.89. The SMILES string of the molecule is Cn1cc(-c2ccc(-c3ccc4c(n3)NCCC4)cc2)cn1. The van der Waals surface area contributed by atoms with Crippen LogP contribution in [0, 0.1) is 0 Å². The molecule has 0 unspecified atom stereocenters. The summed E-state index contributed by atoms with van der Waals surface area (Å²) in [5.74, 6) is 1.04. The van der Waals surface area contributed by atoms with E-state index in [0.717, 1.165) is 35.6 Å². The van der Waals surface area contributed by atoms with Gasteiger partial charge in [0.15, 0.2) is 0 Å². The molecule has 2 aromatic heterocycles. The number of aromatic nitrogens is 3. The van der Waals surface area contributed by atoms with Crippen molar-refractivity contribution in [2.45, 2.75) is 12.8 Å². The zero-order chi connectivity index (χ0) is 14.9. The molecule has 1 aliphatic heterocycles. The number of hydrogen-bond acceptors (Lipinski definition) is 3. The topological polar surface area (TPSA) is 42.7 Å². The van der Waals surface area contributed by atoms with E-state index < -0.39 is 0 Å². The van der Waals surface area contributed by atoms with E-state index in [2.05, 4.69) is 46.8 Å². The standard InChI is InChI=1S/C18H18N4/c1-22-12-16(11-20-22)13-4-6-14(7-5-13)17-9-8-15-3-2-10-19-18(15)21-17/h4-9,11-12H,2-3,10H2,1H3,(H,19,21). The Labute approximate surface area is 129 Å². The molecule has 0 saturated carbocycles. The Morgan fingerprint density at radius 3 is 2.59 bits per heavy atom. The molecule has 0 bridgehead atoms. The number of fused-ring (bicyclic) bond motifs is 1. The van der Waals surface area contributed by atoms with Crippen LogP contribution < -0.4 is 5.32 Å². The molecule has 3 heterocycles. The first kappa shape index (κ1) is 13.1. The maximum Gasteiger partial charge on any atom is 0.129 e. The van der Waals surface area contributed by atoms with E-state index in [1.54, 1.807) is 0 Å². The van der Waals surface area contributed by atoms with Crippen LogP contribution in [0.15, 0.2) is 48.8 Å². The second-order valence-electron chi connectivity index (χ2n) is 5.71. The largest absolute Gasteiger partial charge is 0.370 e. The Morgan fingerprint density at radius 1 is 1.00 bits per heavy atom. The Morgan fingerprint density at radius 2 is 1.82 bits per heavy atom. The molecule has 0 aliphatic carbocycles. The van der Waals surface area contributed by atoms with Crippen molar-refractivity contribution in [1.29, 1.82) is 0 Å². The summed E-state index contributed by atoms with van der Waals surface area (Å²) in [5.41, 5.74) is 5.79. The van der Waals surface area contributed by atoms with E-state index >= 15 is 0 Å². The molecule has 0 radical (unpaired) electrons. The van der Waals surface area contributed by atoms with Gasteiger partial charge in [-0.25, -0.2) is 4.98 Å². The van der Waals surface area contributed by atoms with Crippen LogP contribution in [0.25, 0.3) is 22.4 Å². The van der Waals surface area contributed by atoms with Gasteiger partial charge in [-0.15, -0.1) is 0 Å². The van der Waals surface area contributed by atoms with Gasteiger partial charge in [0, 0.05) is 30.9 Å². The molecule has 0 saturated heterocycles. The van der Waals surface area contributed by atoms with Crippen molar-refractivity contribution < 1.29 is 0 Å². The van der Waals surface area contributed by atoms with E-state index in [4.69, 9.17) is 4.98 Å². The molecule has 1 N–H and O–H groups in total. The molecular formula is C18H18N4. The van der Waals surface area contributed by atoms with Crippen LogP contribution in [0.3, 0.4) is 0 Å². The van der Waals surface area contributed by atoms with Crippen LogP contribution in [0.4, 0.5) is 5.82 Å². The molecule has 1 aliphatic rings. The lowest BCUT2D eigenvalue weighted by molar-refractivity contribution is 0.768. The Hall–Kier alpha value is -2.62. The summed E-state index contributed by atoms with van der Waals surface area (Å²) < 4.78 is 1.82. The molecular weight excluding hydrogens is 272 g/mol. The molecule has 3 aromatic rings. The van der Waals surface area contributed by atoms with Gasteiger partial charge >= 0.3 is 0 Å². The number of pyridine rings is 1. The molecule has 4 heteroatoms. The number of rotatable bonds is 2. The third-order valence-electron chi connectivity index (χ3n) is 4.11. The van der Waals surface area contributed by atoms with Crippen LogP contribution in [0.1, 0.15) is 12.0 Å². The van der Waals surface area contributed by atoms with Gasteiger partial charge in [0.25, 0.3) is 0 Å². The Kier molecular flexibility index (Phi) is 3.15. The van der Waals surface area contributed by atoms with Gasteiger partial charge in [0.05, 0.1) is 11.9 Å². The Bertz CT molecular complexity index is 802. The first-order valence-electron chi connectivity index (χ1n) is 7.63. The number of anilines is 1. The summed E-state index contributed by atoms with van der Waals surface area (Å²) in [6.45, 7) is 1.02. The first-order valence-corrected chi connectivity index (χ1v) is 7.63. The predicted octanol–water partition coefficient (Wildman–Crippen LogP) is 3.51. The second kappa shape index (κ2) is 5.30. The molecule has 0 spiro atoms. The number of hydrogen-bond donors (Lipinski definition) is 1. The van der Waals surface area contributed by atoms with Crippen molar-refractivity contribution in [1.82, 2.24) is 14.8 Å². The van der Waals surface area contributed by atoms with E-state index in [1.807, 2.05) is 24.1 Å². The van der Waals surface area contributed by atoms with Crippen molar-refractivity contribution in [3.8, 4) is 22.4 Å². The molecule has 4 rings (SSSR count). The summed E-state index contributed by atoms with van der Waals surface area (Å²) in [5, 5.41) is 7.61. The van der Waals surface area contributed by atoms with E-state index in [1.165, 1.54) is 17.5 Å². The quantitative estimate of drug-likeness (QED) is 0.785. The van der Waals surface area contributed by atoms with E-state index in [-0.39, 0.29) is 0 Å². The minimum absolute atomic E-state index is 1.02. The van der Waals surface area contributed by atoms with Crippen molar-refractivity contribution >= 4 is 5.82 Å². The number of nitrogens with one attached hydrogen (secondary N) is 1. The fourth-order valence-corrected chi connectivity index (χ4v) is 2.89. The van der Waals surface area contributed by atoms with Crippen LogP contribution in [0.5, 0.6) is 0 Å². The van der Waals surface area contributed by atoms with Crippen molar-refractivity contribution in [3.05, 3.63) is 54.4 Å². The smallest absolute Gasteiger partial charge is 0.129 e. The maximum atomic E-state index is 4.76. The lowest BCUT2D eigenvalue weighted by Crippen LogP contribution is -2.13. The van der Waals surface area contributed by atoms with Crippen molar-refractivity contribution in [2.75, 3.05) is 11.9 Å². The number of aryl methyl sites for hydroxylation is 2. The summed E-state index contributed by atoms with van der Waals surface area (Å²) in [6, 6.07) is 12.8. The zero-order valence-corrected chi connectivity index (χ0v) is 12.6. The minimum Gasteiger partial charge on any atom is -0.370 e. The first-order chi connectivity index (χ1) is 10.8. The van der Waals surface area contributed by atoms with Gasteiger partial charge in [-0.05, 0) is 30.0 Å². The molecule has 0 atom stereocenters. The lowest BCUT2D eigenvalue weighted by atomic mass is 10.0. The monoisotopic (exact) mass is 290 g/mol. The Balaban J connectivity index is 1.65. The number of nitrogens with zero attached hydrogens (tertiary/aromatic N) is 3. The van der Waals surface area contributed by atoms with E-state index in [0.29, 0.717) is 0 Å². The molecule has 4 nitrogen and oxygen atoms in total. The second-order valence-corrected chi connectivity index (χ2v) is 5.71. The average Bonchev–Trinajstić information content (AvgIpc) is 3.01. The van der Waals surface area contributed by atoms with Gasteiger partial charge in [-0.2, -0.15) is 5.10 Å². The summed E-state index contributed by atoms with van der Waals surface area (Å²) >= 11 is 0. The zero-order valence-electron chi connectivity index (χ0n) is 12.6. The van der Waals surface area contributed by atoms with Gasteiger partial charge in [0.2, 0.25) is 0 Å². The third-order valence-corrected chi connectivity index (χ3v) is 4.11. The van der Waals surface area contributed by atoms with Gasteiger partial charge in [-0.3, -0.25) is 4.68 Å². The lowest BCUT2D eigenvalue weighted by Gasteiger charge is -2.17. The average molecular weight is 290 g/mol. The summed E-state index contributed by atoms with van der Waals surface area (Å²) in [7, 11) is 1.93. The number of benzene rings is 1. The maximum absolute atomic E-state index is 4.76. The predicted molar refractivity (Wildman–Crippen MR) is 88.7 cm³/mol. The van der Waals surface area contributed by atoms with Crippen molar-refractivity contribution in [2.24, 2.45) is 7.05 Å². The van der Waals surface area contributed by atoms with Crippen LogP contribution >= 0.6 is 0 Å². The molecule has 0 fully saturated rings. The molecule has 110 valence electrons. The highest BCUT2D eigenvalue weighted by atomic mass is 15.2. The normalized spacial score (nSPS) is 13.5. The van der Waals surface area contributed by atoms with Crippen molar-refractivity contribution in [3.63, 3.8) is 0 Å². The highest BCUT2D eigenvalue weighted by Crippen LogP contribution is 2.27. The molecule has 0 amide bonds. The highest BCUT2D eigenvalue weighted by Gasteiger charge is 2.11. The third kappa shape index (κ3) is 2.37. The van der Waals surface area contributed by atoms with Gasteiger partial charge in [0.1, 0.15) is 5.82 Å².